The van der Waals surface area contributed by atoms with E-state index in [1.165, 1.54) is 51.5 Å². The van der Waals surface area contributed by atoms with Crippen LogP contribution in [0.4, 0.5) is 0 Å². The Hall–Kier alpha value is -2.68. The van der Waals surface area contributed by atoms with Gasteiger partial charge in [-0.2, -0.15) is 0 Å². The molecule has 0 aliphatic carbocycles. The first-order valence-electron chi connectivity index (χ1n) is 8.69. The third kappa shape index (κ3) is 2.20. The van der Waals surface area contributed by atoms with Crippen molar-refractivity contribution in [3.8, 4) is 9.75 Å². The van der Waals surface area contributed by atoms with Gasteiger partial charge in [-0.05, 0) is 68.7 Å². The highest BCUT2D eigenvalue weighted by Crippen LogP contribution is 2.41. The highest BCUT2D eigenvalue weighted by molar-refractivity contribution is 7.28. The maximum absolute atomic E-state index is 2.34. The van der Waals surface area contributed by atoms with Crippen LogP contribution in [0.25, 0.3) is 51.5 Å². The number of hydrogen-bond acceptors (Lipinski definition) is 2. The molecule has 6 rings (SSSR count). The SMILES string of the molecule is c1ccc2cc3sc(-c4cc5cc6ccccc6cc5s4)cc3cc2c1. The fourth-order valence-corrected chi connectivity index (χ4v) is 5.96. The van der Waals surface area contributed by atoms with Crippen molar-refractivity contribution in [3.63, 3.8) is 0 Å². The summed E-state index contributed by atoms with van der Waals surface area (Å²) in [5.74, 6) is 0. The van der Waals surface area contributed by atoms with Crippen LogP contribution < -0.4 is 0 Å². The molecule has 2 heterocycles. The van der Waals surface area contributed by atoms with E-state index < -0.39 is 0 Å². The molecule has 4 aromatic carbocycles. The maximum Gasteiger partial charge on any atom is 0.0455 e. The van der Waals surface area contributed by atoms with Gasteiger partial charge >= 0.3 is 0 Å². The summed E-state index contributed by atoms with van der Waals surface area (Å²) in [4.78, 5) is 2.72. The van der Waals surface area contributed by atoms with Crippen molar-refractivity contribution >= 4 is 64.4 Å². The Kier molecular flexibility index (Phi) is 3.01. The molecule has 0 atom stereocenters. The number of hydrogen-bond donors (Lipinski definition) is 0. The molecular formula is C24H14S2. The smallest absolute Gasteiger partial charge is 0.0455 e. The minimum atomic E-state index is 1.31. The molecule has 2 heteroatoms. The molecule has 0 saturated heterocycles. The van der Waals surface area contributed by atoms with E-state index >= 15 is 0 Å². The zero-order valence-electron chi connectivity index (χ0n) is 13.9. The van der Waals surface area contributed by atoms with Gasteiger partial charge in [0.15, 0.2) is 0 Å². The summed E-state index contributed by atoms with van der Waals surface area (Å²) >= 11 is 3.79. The Labute approximate surface area is 158 Å². The summed E-state index contributed by atoms with van der Waals surface area (Å²) in [6, 6.07) is 31.2. The summed E-state index contributed by atoms with van der Waals surface area (Å²) in [5.41, 5.74) is 0. The van der Waals surface area contributed by atoms with E-state index in [1.807, 2.05) is 22.7 Å². The minimum absolute atomic E-state index is 1.31. The van der Waals surface area contributed by atoms with Crippen molar-refractivity contribution in [2.45, 2.75) is 0 Å². The van der Waals surface area contributed by atoms with Crippen LogP contribution in [0, 0.1) is 0 Å². The Bertz CT molecular complexity index is 1220. The van der Waals surface area contributed by atoms with Crippen LogP contribution in [-0.4, -0.2) is 0 Å². The van der Waals surface area contributed by atoms with Crippen molar-refractivity contribution in [1.29, 1.82) is 0 Å². The summed E-state index contributed by atoms with van der Waals surface area (Å²) < 4.78 is 2.72. The average molecular weight is 367 g/mol. The van der Waals surface area contributed by atoms with Crippen LogP contribution >= 0.6 is 22.7 Å². The Morgan fingerprint density at radius 1 is 0.385 bits per heavy atom. The van der Waals surface area contributed by atoms with Crippen LogP contribution in [-0.2, 0) is 0 Å². The Morgan fingerprint density at radius 2 is 0.769 bits per heavy atom. The van der Waals surface area contributed by atoms with Gasteiger partial charge in [0.25, 0.3) is 0 Å². The number of benzene rings is 4. The van der Waals surface area contributed by atoms with Crippen molar-refractivity contribution in [1.82, 2.24) is 0 Å². The molecule has 0 radical (unpaired) electrons. The molecule has 6 aromatic rings. The third-order valence-corrected chi connectivity index (χ3v) is 7.40. The molecule has 0 unspecified atom stereocenters. The molecular weight excluding hydrogens is 352 g/mol. The molecule has 0 bridgehead atoms. The van der Waals surface area contributed by atoms with E-state index in [0.717, 1.165) is 0 Å². The van der Waals surface area contributed by atoms with Crippen LogP contribution in [0.5, 0.6) is 0 Å². The molecule has 0 spiro atoms. The summed E-state index contributed by atoms with van der Waals surface area (Å²) in [6.45, 7) is 0. The third-order valence-electron chi connectivity index (χ3n) is 5.01. The Morgan fingerprint density at radius 3 is 1.19 bits per heavy atom. The van der Waals surface area contributed by atoms with Crippen LogP contribution in [0.3, 0.4) is 0 Å². The van der Waals surface area contributed by atoms with Gasteiger partial charge < -0.3 is 0 Å². The number of fused-ring (bicyclic) bond motifs is 4. The van der Waals surface area contributed by atoms with Crippen LogP contribution in [0.15, 0.2) is 84.9 Å². The monoisotopic (exact) mass is 366 g/mol. The fourth-order valence-electron chi connectivity index (χ4n) is 3.70. The Balaban J connectivity index is 1.56. The van der Waals surface area contributed by atoms with Gasteiger partial charge in [0.05, 0.1) is 0 Å². The maximum atomic E-state index is 2.34. The second-order valence-electron chi connectivity index (χ2n) is 6.70. The van der Waals surface area contributed by atoms with Crippen molar-refractivity contribution in [3.05, 3.63) is 84.9 Å². The van der Waals surface area contributed by atoms with Gasteiger partial charge in [0.1, 0.15) is 0 Å². The predicted molar refractivity (Wildman–Crippen MR) is 118 cm³/mol. The second kappa shape index (κ2) is 5.41. The minimum Gasteiger partial charge on any atom is -0.134 e. The molecule has 0 aliphatic heterocycles. The molecule has 0 fully saturated rings. The van der Waals surface area contributed by atoms with E-state index in [0.29, 0.717) is 0 Å². The zero-order chi connectivity index (χ0) is 17.1. The molecule has 26 heavy (non-hydrogen) atoms. The lowest BCUT2D eigenvalue weighted by atomic mass is 10.1. The van der Waals surface area contributed by atoms with Gasteiger partial charge in [-0.1, -0.05) is 48.5 Å². The average Bonchev–Trinajstić information content (AvgIpc) is 3.27. The molecule has 2 aromatic heterocycles. The highest BCUT2D eigenvalue weighted by Gasteiger charge is 2.10. The van der Waals surface area contributed by atoms with Gasteiger partial charge in [-0.3, -0.25) is 0 Å². The van der Waals surface area contributed by atoms with E-state index in [2.05, 4.69) is 84.9 Å². The quantitative estimate of drug-likeness (QED) is 0.276. The number of rotatable bonds is 1. The predicted octanol–water partition coefficient (Wildman–Crippen LogP) is 8.09. The van der Waals surface area contributed by atoms with Gasteiger partial charge in [0, 0.05) is 19.2 Å². The van der Waals surface area contributed by atoms with E-state index in [1.54, 1.807) is 0 Å². The summed E-state index contributed by atoms with van der Waals surface area (Å²) in [6.07, 6.45) is 0. The topological polar surface area (TPSA) is 0 Å². The lowest BCUT2D eigenvalue weighted by molar-refractivity contribution is 1.81. The standard InChI is InChI=1S/C24H14S2/c1-3-7-17-11-21-19(9-15(17)5-1)13-23(25-21)24-14-20-10-16-6-2-4-8-18(16)12-22(20)26-24/h1-14H. The van der Waals surface area contributed by atoms with Crippen molar-refractivity contribution in [2.75, 3.05) is 0 Å². The van der Waals surface area contributed by atoms with Crippen LogP contribution in [0.1, 0.15) is 0 Å². The number of thiophene rings is 2. The molecule has 0 saturated carbocycles. The first-order chi connectivity index (χ1) is 12.8. The lowest BCUT2D eigenvalue weighted by Crippen LogP contribution is -1.70. The zero-order valence-corrected chi connectivity index (χ0v) is 15.5. The van der Waals surface area contributed by atoms with Crippen molar-refractivity contribution < 1.29 is 0 Å². The fraction of sp³-hybridized carbons (Fsp3) is 0. The molecule has 122 valence electrons. The van der Waals surface area contributed by atoms with Crippen LogP contribution in [0.2, 0.25) is 0 Å². The van der Waals surface area contributed by atoms with Crippen molar-refractivity contribution in [2.24, 2.45) is 0 Å². The first-order valence-corrected chi connectivity index (χ1v) is 10.3. The van der Waals surface area contributed by atoms with Gasteiger partial charge in [-0.25, -0.2) is 0 Å². The van der Waals surface area contributed by atoms with Gasteiger partial charge in [-0.15, -0.1) is 22.7 Å². The molecule has 0 nitrogen and oxygen atoms in total. The lowest BCUT2D eigenvalue weighted by Gasteiger charge is -1.96. The normalized spacial score (nSPS) is 11.8. The summed E-state index contributed by atoms with van der Waals surface area (Å²) in [5, 5.41) is 7.93. The highest BCUT2D eigenvalue weighted by atomic mass is 32.1. The second-order valence-corrected chi connectivity index (χ2v) is 8.86. The molecule has 0 N–H and O–H groups in total. The first kappa shape index (κ1) is 14.5. The van der Waals surface area contributed by atoms with Gasteiger partial charge in [0.2, 0.25) is 0 Å². The molecule has 0 aliphatic rings. The van der Waals surface area contributed by atoms with E-state index in [9.17, 15) is 0 Å². The molecule has 0 amide bonds. The van der Waals surface area contributed by atoms with E-state index in [4.69, 9.17) is 0 Å². The van der Waals surface area contributed by atoms with E-state index in [-0.39, 0.29) is 0 Å². The summed E-state index contributed by atoms with van der Waals surface area (Å²) in [7, 11) is 0. The largest absolute Gasteiger partial charge is 0.134 e.